The van der Waals surface area contributed by atoms with Gasteiger partial charge in [-0.15, -0.1) is 0 Å². The monoisotopic (exact) mass is 267 g/mol. The third kappa shape index (κ3) is 3.06. The molecule has 0 saturated heterocycles. The van der Waals surface area contributed by atoms with E-state index in [0.29, 0.717) is 5.56 Å². The number of halogens is 3. The van der Waals surface area contributed by atoms with Crippen molar-refractivity contribution in [3.05, 3.63) is 59.4 Å². The molecule has 0 spiro atoms. The molecule has 19 heavy (non-hydrogen) atoms. The van der Waals surface area contributed by atoms with Crippen LogP contribution in [0.1, 0.15) is 18.5 Å². The van der Waals surface area contributed by atoms with Crippen LogP contribution >= 0.6 is 0 Å². The molecule has 0 amide bonds. The van der Waals surface area contributed by atoms with Crippen molar-refractivity contribution in [3.63, 3.8) is 0 Å². The van der Waals surface area contributed by atoms with Gasteiger partial charge in [0, 0.05) is 12.1 Å². The first-order valence-corrected chi connectivity index (χ1v) is 5.65. The van der Waals surface area contributed by atoms with Gasteiger partial charge in [-0.05, 0) is 36.8 Å². The summed E-state index contributed by atoms with van der Waals surface area (Å²) >= 11 is 0. The Morgan fingerprint density at radius 2 is 1.68 bits per heavy atom. The van der Waals surface area contributed by atoms with E-state index in [-0.39, 0.29) is 17.5 Å². The first kappa shape index (κ1) is 13.4. The van der Waals surface area contributed by atoms with E-state index in [9.17, 15) is 13.2 Å². The van der Waals surface area contributed by atoms with Gasteiger partial charge in [0.2, 0.25) is 0 Å². The molecule has 2 rings (SSSR count). The van der Waals surface area contributed by atoms with E-state index in [1.54, 1.807) is 13.0 Å². The zero-order chi connectivity index (χ0) is 14.0. The van der Waals surface area contributed by atoms with Crippen LogP contribution in [-0.2, 0) is 0 Å². The van der Waals surface area contributed by atoms with E-state index in [4.69, 9.17) is 10.5 Å². The number of hydrogen-bond acceptors (Lipinski definition) is 2. The second-order valence-corrected chi connectivity index (χ2v) is 4.16. The Labute approximate surface area is 108 Å². The summed E-state index contributed by atoms with van der Waals surface area (Å²) in [7, 11) is 0. The van der Waals surface area contributed by atoms with Crippen molar-refractivity contribution >= 4 is 0 Å². The third-order valence-corrected chi connectivity index (χ3v) is 2.59. The summed E-state index contributed by atoms with van der Waals surface area (Å²) < 4.78 is 45.1. The lowest BCUT2D eigenvalue weighted by Crippen LogP contribution is -2.05. The molecule has 100 valence electrons. The minimum absolute atomic E-state index is 0.186. The van der Waals surface area contributed by atoms with Crippen molar-refractivity contribution in [3.8, 4) is 11.5 Å². The lowest BCUT2D eigenvalue weighted by molar-refractivity contribution is 0.410. The van der Waals surface area contributed by atoms with Crippen molar-refractivity contribution in [1.29, 1.82) is 0 Å². The fraction of sp³-hybridized carbons (Fsp3) is 0.143. The minimum atomic E-state index is -0.767. The van der Waals surface area contributed by atoms with Crippen LogP contribution in [0.4, 0.5) is 13.2 Å². The van der Waals surface area contributed by atoms with Crippen LogP contribution in [0.2, 0.25) is 0 Å². The maximum absolute atomic E-state index is 13.7. The van der Waals surface area contributed by atoms with Gasteiger partial charge >= 0.3 is 0 Å². The second-order valence-electron chi connectivity index (χ2n) is 4.16. The van der Waals surface area contributed by atoms with Crippen LogP contribution in [-0.4, -0.2) is 0 Å². The highest BCUT2D eigenvalue weighted by molar-refractivity contribution is 5.36. The molecule has 0 aliphatic heterocycles. The van der Waals surface area contributed by atoms with Crippen LogP contribution < -0.4 is 10.5 Å². The minimum Gasteiger partial charge on any atom is -0.451 e. The average Bonchev–Trinajstić information content (AvgIpc) is 2.36. The van der Waals surface area contributed by atoms with Crippen molar-refractivity contribution in [1.82, 2.24) is 0 Å². The molecular formula is C14H12F3NO. The number of benzene rings is 2. The molecule has 0 fully saturated rings. The summed E-state index contributed by atoms with van der Waals surface area (Å²) in [6.45, 7) is 1.71. The summed E-state index contributed by atoms with van der Waals surface area (Å²) in [5, 5.41) is 0. The summed E-state index contributed by atoms with van der Waals surface area (Å²) in [5.41, 5.74) is 6.20. The van der Waals surface area contributed by atoms with Gasteiger partial charge in [-0.25, -0.2) is 13.2 Å². The number of rotatable bonds is 3. The van der Waals surface area contributed by atoms with Crippen molar-refractivity contribution in [2.75, 3.05) is 0 Å². The molecule has 0 aliphatic rings. The van der Waals surface area contributed by atoms with Crippen LogP contribution in [0.15, 0.2) is 36.4 Å². The molecule has 5 heteroatoms. The maximum Gasteiger partial charge on any atom is 0.166 e. The molecule has 2 aromatic rings. The van der Waals surface area contributed by atoms with Crippen molar-refractivity contribution in [2.24, 2.45) is 5.73 Å². The van der Waals surface area contributed by atoms with E-state index < -0.39 is 17.5 Å². The van der Waals surface area contributed by atoms with Crippen molar-refractivity contribution in [2.45, 2.75) is 13.0 Å². The van der Waals surface area contributed by atoms with Gasteiger partial charge in [-0.2, -0.15) is 0 Å². The quantitative estimate of drug-likeness (QED) is 0.914. The molecule has 0 aromatic heterocycles. The van der Waals surface area contributed by atoms with Crippen molar-refractivity contribution < 1.29 is 17.9 Å². The van der Waals surface area contributed by atoms with Crippen LogP contribution in [0.3, 0.4) is 0 Å². The van der Waals surface area contributed by atoms with Crippen LogP contribution in [0.25, 0.3) is 0 Å². The molecule has 2 N–H and O–H groups in total. The molecule has 0 aliphatic carbocycles. The number of hydrogen-bond donors (Lipinski definition) is 1. The molecule has 0 bridgehead atoms. The molecule has 2 aromatic carbocycles. The van der Waals surface area contributed by atoms with Gasteiger partial charge in [0.05, 0.1) is 0 Å². The molecular weight excluding hydrogens is 255 g/mol. The van der Waals surface area contributed by atoms with Gasteiger partial charge in [0.15, 0.2) is 23.1 Å². The second kappa shape index (κ2) is 5.32. The number of ether oxygens (including phenoxy) is 1. The Kier molecular flexibility index (Phi) is 3.76. The smallest absolute Gasteiger partial charge is 0.166 e. The predicted molar refractivity (Wildman–Crippen MR) is 65.4 cm³/mol. The highest BCUT2D eigenvalue weighted by atomic mass is 19.1. The number of nitrogens with two attached hydrogens (primary N) is 1. The van der Waals surface area contributed by atoms with Crippen LogP contribution in [0, 0.1) is 17.5 Å². The lowest BCUT2D eigenvalue weighted by Gasteiger charge is -2.10. The highest BCUT2D eigenvalue weighted by Crippen LogP contribution is 2.28. The first-order chi connectivity index (χ1) is 8.97. The van der Waals surface area contributed by atoms with Gasteiger partial charge in [-0.1, -0.05) is 6.07 Å². The first-order valence-electron chi connectivity index (χ1n) is 5.65. The largest absolute Gasteiger partial charge is 0.451 e. The van der Waals surface area contributed by atoms with E-state index >= 15 is 0 Å². The van der Waals surface area contributed by atoms with Gasteiger partial charge in [0.1, 0.15) is 5.82 Å². The van der Waals surface area contributed by atoms with Gasteiger partial charge in [-0.3, -0.25) is 0 Å². The molecule has 0 radical (unpaired) electrons. The molecule has 0 heterocycles. The molecule has 1 atom stereocenters. The average molecular weight is 267 g/mol. The summed E-state index contributed by atoms with van der Waals surface area (Å²) in [5.74, 6) is -2.67. The molecule has 0 unspecified atom stereocenters. The summed E-state index contributed by atoms with van der Waals surface area (Å²) in [6, 6.07) is 6.51. The maximum atomic E-state index is 13.7. The van der Waals surface area contributed by atoms with E-state index in [2.05, 4.69) is 0 Å². The third-order valence-electron chi connectivity index (χ3n) is 2.59. The Bertz CT molecular complexity index is 599. The highest BCUT2D eigenvalue weighted by Gasteiger charge is 2.11. The summed E-state index contributed by atoms with van der Waals surface area (Å²) in [4.78, 5) is 0. The van der Waals surface area contributed by atoms with Gasteiger partial charge < -0.3 is 10.5 Å². The Balaban J connectivity index is 2.31. The fourth-order valence-corrected chi connectivity index (χ4v) is 1.56. The lowest BCUT2D eigenvalue weighted by atomic mass is 10.1. The Hall–Kier alpha value is -2.01. The normalized spacial score (nSPS) is 12.3. The van der Waals surface area contributed by atoms with E-state index in [1.165, 1.54) is 12.1 Å². The Morgan fingerprint density at radius 3 is 2.32 bits per heavy atom. The van der Waals surface area contributed by atoms with Gasteiger partial charge in [0.25, 0.3) is 0 Å². The van der Waals surface area contributed by atoms with E-state index in [1.807, 2.05) is 0 Å². The van der Waals surface area contributed by atoms with E-state index in [0.717, 1.165) is 18.2 Å². The SMILES string of the molecule is C[C@H](N)c1ccc(Oc2cc(F)ccc2F)c(F)c1. The molecule has 2 nitrogen and oxygen atoms in total. The zero-order valence-electron chi connectivity index (χ0n) is 10.2. The van der Waals surface area contributed by atoms with Crippen LogP contribution in [0.5, 0.6) is 11.5 Å². The Morgan fingerprint density at radius 1 is 0.947 bits per heavy atom. The molecule has 0 saturated carbocycles. The fourth-order valence-electron chi connectivity index (χ4n) is 1.56. The predicted octanol–water partition coefficient (Wildman–Crippen LogP) is 3.92. The standard InChI is InChI=1S/C14H12F3NO/c1-8(18)9-2-5-13(12(17)6-9)19-14-7-10(15)3-4-11(14)16/h2-8H,18H2,1H3/t8-/m0/s1. The topological polar surface area (TPSA) is 35.2 Å². The summed E-state index contributed by atoms with van der Waals surface area (Å²) in [6.07, 6.45) is 0. The zero-order valence-corrected chi connectivity index (χ0v) is 10.2.